The molecule has 0 aromatic heterocycles. The fourth-order valence-electron chi connectivity index (χ4n) is 2.54. The first kappa shape index (κ1) is 9.54. The molecule has 0 fully saturated rings. The lowest BCUT2D eigenvalue weighted by Gasteiger charge is -1.96. The summed E-state index contributed by atoms with van der Waals surface area (Å²) in [5.74, 6) is 0. The van der Waals surface area contributed by atoms with Crippen LogP contribution in [0.3, 0.4) is 0 Å². The zero-order valence-electron chi connectivity index (χ0n) is 9.67. The number of hydrogen-bond acceptors (Lipinski definition) is 2. The van der Waals surface area contributed by atoms with E-state index in [-0.39, 0.29) is 0 Å². The average Bonchev–Trinajstić information content (AvgIpc) is 3.06. The molecule has 2 aromatic carbocycles. The second kappa shape index (κ2) is 3.50. The molecule has 0 bridgehead atoms. The van der Waals surface area contributed by atoms with Gasteiger partial charge in [0, 0.05) is 22.9 Å². The highest BCUT2D eigenvalue weighted by atomic mass is 14.7. The predicted octanol–water partition coefficient (Wildman–Crippen LogP) is 1.97. The summed E-state index contributed by atoms with van der Waals surface area (Å²) in [5.41, 5.74) is 2.09. The minimum absolute atomic E-state index is 1.05. The van der Waals surface area contributed by atoms with Crippen molar-refractivity contribution in [2.75, 3.05) is 0 Å². The highest BCUT2D eigenvalue weighted by molar-refractivity contribution is 5.97. The van der Waals surface area contributed by atoms with Crippen LogP contribution in [0.1, 0.15) is 0 Å². The quantitative estimate of drug-likeness (QED) is 0.661. The normalized spacial score (nSPS) is 16.0. The van der Waals surface area contributed by atoms with Gasteiger partial charge in [-0.2, -0.15) is 0 Å². The van der Waals surface area contributed by atoms with Crippen LogP contribution in [0.5, 0.6) is 0 Å². The molecule has 2 aromatic rings. The molecule has 84 valence electrons. The Morgan fingerprint density at radius 2 is 1.11 bits per heavy atom. The third-order valence-corrected chi connectivity index (χ3v) is 3.37. The van der Waals surface area contributed by atoms with Gasteiger partial charge in [-0.05, 0) is 34.7 Å². The van der Waals surface area contributed by atoms with E-state index in [0.717, 1.165) is 11.4 Å². The fourth-order valence-corrected chi connectivity index (χ4v) is 2.54. The van der Waals surface area contributed by atoms with Crippen LogP contribution >= 0.6 is 0 Å². The Hall–Kier alpha value is -2.48. The lowest BCUT2D eigenvalue weighted by molar-refractivity contribution is 1.38. The summed E-state index contributed by atoms with van der Waals surface area (Å²) in [5, 5.41) is 4.85. The molecule has 2 aliphatic heterocycles. The fraction of sp³-hybridized carbons (Fsp3) is 0. The van der Waals surface area contributed by atoms with Crippen molar-refractivity contribution in [3.63, 3.8) is 0 Å². The predicted molar refractivity (Wildman–Crippen MR) is 75.0 cm³/mol. The molecule has 0 atom stereocenters. The van der Waals surface area contributed by atoms with E-state index in [4.69, 9.17) is 0 Å². The van der Waals surface area contributed by atoms with Crippen molar-refractivity contribution in [3.8, 4) is 0 Å². The Kier molecular flexibility index (Phi) is 1.86. The van der Waals surface area contributed by atoms with Gasteiger partial charge in [0.15, 0.2) is 0 Å². The van der Waals surface area contributed by atoms with Crippen molar-refractivity contribution >= 4 is 36.0 Å². The number of nitrogens with zero attached hydrogens (tertiary/aromatic N) is 2. The van der Waals surface area contributed by atoms with Crippen molar-refractivity contribution in [3.05, 3.63) is 57.3 Å². The molecule has 0 saturated carbocycles. The molecular formula is C16H10N2. The second-order valence-electron chi connectivity index (χ2n) is 4.37. The van der Waals surface area contributed by atoms with Gasteiger partial charge in [-0.25, -0.2) is 0 Å². The number of aliphatic imine (C=N–C) groups is 2. The number of rotatable bonds is 0. The maximum Gasteiger partial charge on any atom is 0.0708 e. The highest BCUT2D eigenvalue weighted by Crippen LogP contribution is 2.10. The molecule has 4 rings (SSSR count). The molecule has 0 aliphatic carbocycles. The highest BCUT2D eigenvalue weighted by Gasteiger charge is 2.02. The van der Waals surface area contributed by atoms with E-state index in [1.54, 1.807) is 0 Å². The standard InChI is InChI=1S/C16H10N2/c1-3-11(13-7-9-17-15(13)5-1)12-4-2-6-16-14(12)8-10-18-16/h1-10H. The number of hydrogen-bond donors (Lipinski definition) is 0. The molecule has 0 amide bonds. The zero-order chi connectivity index (χ0) is 11.9. The van der Waals surface area contributed by atoms with E-state index < -0.39 is 0 Å². The summed E-state index contributed by atoms with van der Waals surface area (Å²) in [7, 11) is 0. The summed E-state index contributed by atoms with van der Waals surface area (Å²) in [4.78, 5) is 8.71. The van der Waals surface area contributed by atoms with Crippen molar-refractivity contribution in [2.45, 2.75) is 0 Å². The first-order chi connectivity index (χ1) is 8.93. The van der Waals surface area contributed by atoms with Gasteiger partial charge in [0.1, 0.15) is 0 Å². The van der Waals surface area contributed by atoms with E-state index in [9.17, 15) is 0 Å². The smallest absolute Gasteiger partial charge is 0.0708 e. The summed E-state index contributed by atoms with van der Waals surface area (Å²) in [6.07, 6.45) is 7.86. The Bertz CT molecular complexity index is 841. The largest absolute Gasteiger partial charge is 0.256 e. The molecule has 0 spiro atoms. The van der Waals surface area contributed by atoms with E-state index in [1.165, 1.54) is 20.9 Å². The third kappa shape index (κ3) is 1.23. The summed E-state index contributed by atoms with van der Waals surface area (Å²) < 4.78 is 0. The summed E-state index contributed by atoms with van der Waals surface area (Å²) in [6, 6.07) is 12.5. The Morgan fingerprint density at radius 1 is 0.611 bits per heavy atom. The SMILES string of the molecule is C1=Nc2cccc(=c3cccc4c3=CC=N4)c2=C1. The molecule has 0 unspecified atom stereocenters. The monoisotopic (exact) mass is 230 g/mol. The lowest BCUT2D eigenvalue weighted by atomic mass is 10.1. The Morgan fingerprint density at radius 3 is 1.61 bits per heavy atom. The maximum atomic E-state index is 4.36. The van der Waals surface area contributed by atoms with Gasteiger partial charge in [0.05, 0.1) is 11.4 Å². The lowest BCUT2D eigenvalue weighted by Crippen LogP contribution is -2.08. The van der Waals surface area contributed by atoms with Crippen LogP contribution < -0.4 is 10.4 Å². The molecule has 0 radical (unpaired) electrons. The molecule has 2 heteroatoms. The average molecular weight is 230 g/mol. The van der Waals surface area contributed by atoms with E-state index in [0.29, 0.717) is 0 Å². The molecule has 2 aliphatic rings. The summed E-state index contributed by atoms with van der Waals surface area (Å²) >= 11 is 0. The van der Waals surface area contributed by atoms with Crippen molar-refractivity contribution < 1.29 is 0 Å². The van der Waals surface area contributed by atoms with Crippen LogP contribution in [0.25, 0.3) is 12.2 Å². The van der Waals surface area contributed by atoms with Gasteiger partial charge in [0.25, 0.3) is 0 Å². The number of benzene rings is 2. The van der Waals surface area contributed by atoms with Gasteiger partial charge >= 0.3 is 0 Å². The van der Waals surface area contributed by atoms with Crippen LogP contribution in [0, 0.1) is 10.4 Å². The number of fused-ring (bicyclic) bond motifs is 2. The Balaban J connectivity index is 2.34. The third-order valence-electron chi connectivity index (χ3n) is 3.37. The molecule has 0 N–H and O–H groups in total. The van der Waals surface area contributed by atoms with Crippen LogP contribution in [-0.2, 0) is 0 Å². The molecule has 2 heterocycles. The van der Waals surface area contributed by atoms with Crippen molar-refractivity contribution in [2.24, 2.45) is 9.98 Å². The van der Waals surface area contributed by atoms with Crippen LogP contribution in [0.2, 0.25) is 0 Å². The van der Waals surface area contributed by atoms with Crippen LogP contribution in [0.4, 0.5) is 11.4 Å². The molecular weight excluding hydrogens is 220 g/mol. The van der Waals surface area contributed by atoms with E-state index >= 15 is 0 Å². The molecule has 0 saturated heterocycles. The van der Waals surface area contributed by atoms with Gasteiger partial charge in [0.2, 0.25) is 0 Å². The zero-order valence-corrected chi connectivity index (χ0v) is 9.67. The van der Waals surface area contributed by atoms with Crippen LogP contribution in [0.15, 0.2) is 46.4 Å². The van der Waals surface area contributed by atoms with Gasteiger partial charge < -0.3 is 0 Å². The van der Waals surface area contributed by atoms with Crippen LogP contribution in [-0.4, -0.2) is 12.4 Å². The molecule has 18 heavy (non-hydrogen) atoms. The minimum Gasteiger partial charge on any atom is -0.256 e. The van der Waals surface area contributed by atoms with Crippen molar-refractivity contribution in [1.29, 1.82) is 0 Å². The van der Waals surface area contributed by atoms with E-state index in [2.05, 4.69) is 46.4 Å². The first-order valence-corrected chi connectivity index (χ1v) is 5.95. The molecule has 2 nitrogen and oxygen atoms in total. The van der Waals surface area contributed by atoms with E-state index in [1.807, 2.05) is 24.6 Å². The van der Waals surface area contributed by atoms with Gasteiger partial charge in [-0.3, -0.25) is 9.98 Å². The second-order valence-corrected chi connectivity index (χ2v) is 4.37. The topological polar surface area (TPSA) is 24.7 Å². The minimum atomic E-state index is 1.05. The maximum absolute atomic E-state index is 4.36. The first-order valence-electron chi connectivity index (χ1n) is 5.95. The van der Waals surface area contributed by atoms with Crippen molar-refractivity contribution in [1.82, 2.24) is 0 Å². The van der Waals surface area contributed by atoms with Gasteiger partial charge in [-0.15, -0.1) is 0 Å². The summed E-state index contributed by atoms with van der Waals surface area (Å²) in [6.45, 7) is 0. The Labute approximate surface area is 104 Å². The van der Waals surface area contributed by atoms with Gasteiger partial charge in [-0.1, -0.05) is 24.3 Å².